The zero-order valence-electron chi connectivity index (χ0n) is 30.2. The second-order valence-corrected chi connectivity index (χ2v) is 16.2. The first-order valence-electron chi connectivity index (χ1n) is 18.8. The van der Waals surface area contributed by atoms with Crippen LogP contribution in [0.4, 0.5) is 0 Å². The average Bonchev–Trinajstić information content (AvgIpc) is 3.83. The molecule has 11 aromatic rings. The maximum atomic E-state index is 5.28. The molecule has 56 heavy (non-hydrogen) atoms. The maximum absolute atomic E-state index is 5.28. The zero-order chi connectivity index (χ0) is 37.0. The van der Waals surface area contributed by atoms with Crippen molar-refractivity contribution in [1.82, 2.24) is 19.5 Å². The van der Waals surface area contributed by atoms with Crippen molar-refractivity contribution in [2.45, 2.75) is 0 Å². The van der Waals surface area contributed by atoms with Crippen molar-refractivity contribution in [1.29, 1.82) is 0 Å². The first-order valence-corrected chi connectivity index (χ1v) is 20.5. The third-order valence-corrected chi connectivity index (χ3v) is 13.3. The van der Waals surface area contributed by atoms with Crippen LogP contribution in [-0.2, 0) is 0 Å². The zero-order valence-corrected chi connectivity index (χ0v) is 31.9. The Balaban J connectivity index is 1.07. The molecule has 0 bridgehead atoms. The minimum Gasteiger partial charge on any atom is -0.0617 e. The van der Waals surface area contributed by atoms with Crippen LogP contribution in [0.1, 0.15) is 0 Å². The van der Waals surface area contributed by atoms with Crippen LogP contribution in [0.15, 0.2) is 194 Å². The molecule has 3 heterocycles. The van der Waals surface area contributed by atoms with Crippen LogP contribution in [0.2, 0.25) is 0 Å². The van der Waals surface area contributed by atoms with Gasteiger partial charge in [-0.2, -0.15) is 0 Å². The van der Waals surface area contributed by atoms with E-state index in [-0.39, 0.29) is 14.5 Å². The molecule has 3 aromatic heterocycles. The molecule has 0 aliphatic heterocycles. The van der Waals surface area contributed by atoms with Gasteiger partial charge in [0.25, 0.3) is 0 Å². The number of hydrogen-bond acceptors (Lipinski definition) is 3. The van der Waals surface area contributed by atoms with Gasteiger partial charge in [-0.15, -0.1) is 0 Å². The molecule has 5 heteroatoms. The molecular weight excluding hydrogens is 748 g/mol. The standard InChI is InChI=1S/C51H32N4Se/c1-3-12-33(13-4-1)34-22-24-35(25-23-34)36-26-28-37(29-27-36)49-52-50(54-51(53-49)44-19-11-18-43-42-17-8-10-21-47(42)56-48(43)44)38-30-31-41-40-16-7-9-20-45(40)55(46(41)32-38)39-14-5-2-6-15-39/h1-32H. The van der Waals surface area contributed by atoms with E-state index >= 15 is 0 Å². The molecule has 0 amide bonds. The number of para-hydroxylation sites is 2. The van der Waals surface area contributed by atoms with Crippen LogP contribution in [0.5, 0.6) is 0 Å². The quantitative estimate of drug-likeness (QED) is 0.158. The summed E-state index contributed by atoms with van der Waals surface area (Å²) in [5, 5.41) is 4.99. The van der Waals surface area contributed by atoms with E-state index in [1.165, 1.54) is 46.7 Å². The third kappa shape index (κ3) is 5.56. The smallest absolute Gasteiger partial charge is 0.0617 e. The van der Waals surface area contributed by atoms with Gasteiger partial charge in [-0.05, 0) is 11.1 Å². The fraction of sp³-hybridized carbons (Fsp3) is 0. The molecule has 0 atom stereocenters. The molecule has 0 unspecified atom stereocenters. The molecule has 0 radical (unpaired) electrons. The number of nitrogens with zero attached hydrogens (tertiary/aromatic N) is 4. The van der Waals surface area contributed by atoms with E-state index in [9.17, 15) is 0 Å². The van der Waals surface area contributed by atoms with Gasteiger partial charge in [-0.25, -0.2) is 0 Å². The summed E-state index contributed by atoms with van der Waals surface area (Å²) in [6.07, 6.45) is 0. The molecule has 0 saturated heterocycles. The van der Waals surface area contributed by atoms with E-state index in [0.29, 0.717) is 17.5 Å². The van der Waals surface area contributed by atoms with Gasteiger partial charge in [-0.1, -0.05) is 36.4 Å². The van der Waals surface area contributed by atoms with Crippen molar-refractivity contribution in [2.75, 3.05) is 0 Å². The summed E-state index contributed by atoms with van der Waals surface area (Å²) in [5.74, 6) is 2.00. The van der Waals surface area contributed by atoms with Crippen molar-refractivity contribution in [2.24, 2.45) is 0 Å². The molecule has 262 valence electrons. The SMILES string of the molecule is c1ccc(-c2ccc(-c3ccc(-c4nc(-c5ccc6c7ccccc7n(-c7ccccc7)c6c5)nc(-c5cccc6c5[se]c5ccccc56)n4)cc3)cc2)cc1. The number of fused-ring (bicyclic) bond motifs is 6. The Morgan fingerprint density at radius 2 is 0.857 bits per heavy atom. The van der Waals surface area contributed by atoms with Crippen LogP contribution >= 0.6 is 0 Å². The Morgan fingerprint density at radius 1 is 0.339 bits per heavy atom. The molecule has 8 aromatic carbocycles. The summed E-state index contributed by atoms with van der Waals surface area (Å²) in [6.45, 7) is 0. The monoisotopic (exact) mass is 780 g/mol. The minimum absolute atomic E-state index is 0.142. The van der Waals surface area contributed by atoms with Gasteiger partial charge in [0.2, 0.25) is 0 Å². The van der Waals surface area contributed by atoms with Gasteiger partial charge in [0.05, 0.1) is 0 Å². The van der Waals surface area contributed by atoms with Crippen molar-refractivity contribution in [3.05, 3.63) is 194 Å². The molecule has 11 rings (SSSR count). The molecule has 0 N–H and O–H groups in total. The molecule has 4 nitrogen and oxygen atoms in total. The predicted octanol–water partition coefficient (Wildman–Crippen LogP) is 12.7. The van der Waals surface area contributed by atoms with Crippen molar-refractivity contribution < 1.29 is 0 Å². The van der Waals surface area contributed by atoms with Crippen LogP contribution in [0.3, 0.4) is 0 Å². The summed E-state index contributed by atoms with van der Waals surface area (Å²) in [5.41, 5.74) is 11.1. The predicted molar refractivity (Wildman–Crippen MR) is 233 cm³/mol. The van der Waals surface area contributed by atoms with Crippen molar-refractivity contribution in [3.8, 4) is 62.1 Å². The third-order valence-electron chi connectivity index (χ3n) is 10.7. The van der Waals surface area contributed by atoms with Gasteiger partial charge in [0, 0.05) is 0 Å². The van der Waals surface area contributed by atoms with Gasteiger partial charge in [0.1, 0.15) is 0 Å². The van der Waals surface area contributed by atoms with E-state index in [2.05, 4.69) is 199 Å². The Labute approximate surface area is 329 Å². The summed E-state index contributed by atoms with van der Waals surface area (Å²) in [7, 11) is 0. The molecular formula is C51H32N4Se. The topological polar surface area (TPSA) is 43.6 Å². The van der Waals surface area contributed by atoms with Crippen molar-refractivity contribution >= 4 is 55.6 Å². The molecule has 0 aliphatic rings. The summed E-state index contributed by atoms with van der Waals surface area (Å²) in [4.78, 5) is 15.7. The Bertz CT molecular complexity index is 3220. The van der Waals surface area contributed by atoms with E-state index in [4.69, 9.17) is 15.0 Å². The van der Waals surface area contributed by atoms with Crippen LogP contribution < -0.4 is 0 Å². The van der Waals surface area contributed by atoms with E-state index < -0.39 is 0 Å². The van der Waals surface area contributed by atoms with Crippen LogP contribution in [-0.4, -0.2) is 34.0 Å². The molecule has 0 fully saturated rings. The molecule has 0 spiro atoms. The van der Waals surface area contributed by atoms with Gasteiger partial charge < -0.3 is 0 Å². The van der Waals surface area contributed by atoms with Gasteiger partial charge in [0.15, 0.2) is 0 Å². The number of aromatic nitrogens is 4. The van der Waals surface area contributed by atoms with E-state index in [1.54, 1.807) is 0 Å². The minimum atomic E-state index is 0.142. The Kier molecular flexibility index (Phi) is 7.80. The number of benzene rings is 8. The Morgan fingerprint density at radius 3 is 1.59 bits per heavy atom. The molecule has 0 saturated carbocycles. The summed E-state index contributed by atoms with van der Waals surface area (Å²) >= 11 is 0.142. The molecule has 0 aliphatic carbocycles. The number of rotatable bonds is 6. The first kappa shape index (κ1) is 32.5. The van der Waals surface area contributed by atoms with Crippen LogP contribution in [0, 0.1) is 0 Å². The fourth-order valence-electron chi connectivity index (χ4n) is 7.94. The number of hydrogen-bond donors (Lipinski definition) is 0. The summed E-state index contributed by atoms with van der Waals surface area (Å²) < 4.78 is 5.05. The van der Waals surface area contributed by atoms with Gasteiger partial charge in [-0.3, -0.25) is 0 Å². The normalized spacial score (nSPS) is 11.6. The van der Waals surface area contributed by atoms with Crippen LogP contribution in [0.25, 0.3) is 103 Å². The fourth-order valence-corrected chi connectivity index (χ4v) is 10.5. The van der Waals surface area contributed by atoms with Crippen molar-refractivity contribution in [3.63, 3.8) is 0 Å². The summed E-state index contributed by atoms with van der Waals surface area (Å²) in [6, 6.07) is 68.9. The second kappa shape index (κ2) is 13.4. The average molecular weight is 780 g/mol. The second-order valence-electron chi connectivity index (χ2n) is 14.0. The van der Waals surface area contributed by atoms with E-state index in [1.807, 2.05) is 0 Å². The van der Waals surface area contributed by atoms with E-state index in [0.717, 1.165) is 39.0 Å². The first-order chi connectivity index (χ1) is 27.7. The Hall–Kier alpha value is -6.91. The van der Waals surface area contributed by atoms with Gasteiger partial charge >= 0.3 is 284 Å².